The molecule has 2 atom stereocenters. The summed E-state index contributed by atoms with van der Waals surface area (Å²) in [5.74, 6) is 7.80. The van der Waals surface area contributed by atoms with Gasteiger partial charge in [0.05, 0.1) is 5.69 Å². The maximum absolute atomic E-state index is 5.63. The molecule has 0 aliphatic rings. The molecule has 1 aromatic rings. The Labute approximate surface area is 145 Å². The van der Waals surface area contributed by atoms with Crippen LogP contribution in [0.2, 0.25) is 0 Å². The second-order valence-electron chi connectivity index (χ2n) is 6.37. The van der Waals surface area contributed by atoms with Gasteiger partial charge in [0.15, 0.2) is 0 Å². The van der Waals surface area contributed by atoms with E-state index in [1.165, 1.54) is 4.91 Å². The number of aromatic nitrogens is 1. The van der Waals surface area contributed by atoms with Crippen molar-refractivity contribution < 1.29 is 4.52 Å². The fraction of sp³-hybridized carbons (Fsp3) is 0.667. The molecule has 0 spiro atoms. The van der Waals surface area contributed by atoms with E-state index in [0.717, 1.165) is 35.8 Å². The molecule has 5 heteroatoms. The summed E-state index contributed by atoms with van der Waals surface area (Å²) in [6.45, 7) is 12.9. The summed E-state index contributed by atoms with van der Waals surface area (Å²) in [5.41, 5.74) is 1.02. The molecule has 0 radical (unpaired) electrons. The molecule has 4 nitrogen and oxygen atoms in total. The molecule has 23 heavy (non-hydrogen) atoms. The molecule has 0 aromatic carbocycles. The summed E-state index contributed by atoms with van der Waals surface area (Å²) in [4.78, 5) is 1.32. The van der Waals surface area contributed by atoms with E-state index in [2.05, 4.69) is 63.9 Å². The van der Waals surface area contributed by atoms with E-state index >= 15 is 0 Å². The molecular formula is C18H31N3OS. The fourth-order valence-corrected chi connectivity index (χ4v) is 3.34. The monoisotopic (exact) mass is 337 g/mol. The third-order valence-corrected chi connectivity index (χ3v) is 5.74. The highest BCUT2D eigenvalue weighted by Crippen LogP contribution is 2.31. The first-order chi connectivity index (χ1) is 10.9. The smallest absolute Gasteiger partial charge is 0.139 e. The Bertz CT molecular complexity index is 534. The van der Waals surface area contributed by atoms with Crippen molar-refractivity contribution in [1.29, 1.82) is 0 Å². The average Bonchev–Trinajstić information content (AvgIpc) is 3.02. The Balaban J connectivity index is 2.58. The summed E-state index contributed by atoms with van der Waals surface area (Å²) < 4.78 is 5.43. The second-order valence-corrected chi connectivity index (χ2v) is 7.46. The first-order valence-electron chi connectivity index (χ1n) is 8.50. The molecule has 0 bridgehead atoms. The third-order valence-electron chi connectivity index (χ3n) is 4.08. The average molecular weight is 338 g/mol. The predicted molar refractivity (Wildman–Crippen MR) is 101 cm³/mol. The zero-order valence-corrected chi connectivity index (χ0v) is 16.1. The van der Waals surface area contributed by atoms with Gasteiger partial charge in [0.1, 0.15) is 10.8 Å². The molecule has 1 aromatic heterocycles. The number of nitrogens with zero attached hydrogens (tertiary/aromatic N) is 2. The summed E-state index contributed by atoms with van der Waals surface area (Å²) >= 11 is 1.71. The van der Waals surface area contributed by atoms with Crippen molar-refractivity contribution in [2.45, 2.75) is 66.7 Å². The normalized spacial score (nSPS) is 16.0. The number of nitrogens with two attached hydrogens (primary N) is 1. The van der Waals surface area contributed by atoms with E-state index in [4.69, 9.17) is 10.4 Å². The molecule has 0 saturated heterocycles. The molecule has 2 N–H and O–H groups in total. The van der Waals surface area contributed by atoms with Crippen molar-refractivity contribution in [3.8, 4) is 0 Å². The lowest BCUT2D eigenvalue weighted by Gasteiger charge is -2.18. The lowest BCUT2D eigenvalue weighted by molar-refractivity contribution is 0.351. The number of thioether (sulfide) groups is 1. The van der Waals surface area contributed by atoms with Crippen molar-refractivity contribution in [1.82, 2.24) is 5.16 Å². The summed E-state index contributed by atoms with van der Waals surface area (Å²) in [5, 5.41) is 9.11. The second kappa shape index (κ2) is 9.81. The topological polar surface area (TPSA) is 64.4 Å². The number of hydrazone groups is 1. The van der Waals surface area contributed by atoms with Gasteiger partial charge in [-0.15, -0.1) is 0 Å². The molecule has 0 fully saturated rings. The number of allylic oxidation sites excluding steroid dienone is 2. The van der Waals surface area contributed by atoms with Gasteiger partial charge in [0, 0.05) is 17.9 Å². The van der Waals surface area contributed by atoms with Crippen LogP contribution in [0.15, 0.2) is 26.7 Å². The van der Waals surface area contributed by atoms with Crippen LogP contribution >= 0.6 is 11.8 Å². The van der Waals surface area contributed by atoms with Crippen LogP contribution in [0.1, 0.15) is 71.8 Å². The molecule has 130 valence electrons. The van der Waals surface area contributed by atoms with E-state index in [0.29, 0.717) is 17.8 Å². The van der Waals surface area contributed by atoms with Crippen LogP contribution in [0.3, 0.4) is 0 Å². The Morgan fingerprint density at radius 1 is 1.35 bits per heavy atom. The lowest BCUT2D eigenvalue weighted by atomic mass is 9.96. The molecule has 1 rings (SSSR count). The molecular weight excluding hydrogens is 306 g/mol. The van der Waals surface area contributed by atoms with E-state index in [1.807, 2.05) is 0 Å². The minimum Gasteiger partial charge on any atom is -0.361 e. The van der Waals surface area contributed by atoms with Gasteiger partial charge in [-0.25, -0.2) is 0 Å². The van der Waals surface area contributed by atoms with Crippen molar-refractivity contribution in [3.63, 3.8) is 0 Å². The summed E-state index contributed by atoms with van der Waals surface area (Å²) in [6, 6.07) is 2.07. The van der Waals surface area contributed by atoms with E-state index < -0.39 is 0 Å². The first kappa shape index (κ1) is 19.8. The Morgan fingerprint density at radius 2 is 2.04 bits per heavy atom. The predicted octanol–water partition coefficient (Wildman–Crippen LogP) is 5.32. The molecule has 0 aliphatic carbocycles. The fourth-order valence-electron chi connectivity index (χ4n) is 2.38. The minimum absolute atomic E-state index is 0.342. The van der Waals surface area contributed by atoms with Crippen LogP contribution in [-0.4, -0.2) is 10.2 Å². The Morgan fingerprint density at radius 3 is 2.52 bits per heavy atom. The number of hydrogen-bond donors (Lipinski definition) is 1. The van der Waals surface area contributed by atoms with Crippen LogP contribution in [-0.2, 0) is 6.42 Å². The zero-order valence-electron chi connectivity index (χ0n) is 15.3. The van der Waals surface area contributed by atoms with E-state index in [9.17, 15) is 0 Å². The summed E-state index contributed by atoms with van der Waals surface area (Å²) in [7, 11) is 0. The zero-order chi connectivity index (χ0) is 17.4. The number of hydrogen-bond acceptors (Lipinski definition) is 5. The van der Waals surface area contributed by atoms with E-state index in [-0.39, 0.29) is 0 Å². The Hall–Kier alpha value is -1.23. The van der Waals surface area contributed by atoms with Crippen molar-refractivity contribution in [2.75, 3.05) is 0 Å². The van der Waals surface area contributed by atoms with Gasteiger partial charge in [-0.1, -0.05) is 57.6 Å². The van der Waals surface area contributed by atoms with Crippen LogP contribution in [0, 0.1) is 11.8 Å². The van der Waals surface area contributed by atoms with Gasteiger partial charge in [-0.3, -0.25) is 0 Å². The molecule has 2 unspecified atom stereocenters. The van der Waals surface area contributed by atoms with Gasteiger partial charge in [-0.2, -0.15) is 5.10 Å². The Kier molecular flexibility index (Phi) is 8.45. The largest absolute Gasteiger partial charge is 0.361 e. The van der Waals surface area contributed by atoms with Crippen LogP contribution in [0.5, 0.6) is 0 Å². The van der Waals surface area contributed by atoms with Crippen molar-refractivity contribution in [2.24, 2.45) is 22.8 Å². The molecule has 0 aliphatic heterocycles. The van der Waals surface area contributed by atoms with Crippen molar-refractivity contribution in [3.05, 3.63) is 28.5 Å². The lowest BCUT2D eigenvalue weighted by Crippen LogP contribution is -2.12. The van der Waals surface area contributed by atoms with Crippen molar-refractivity contribution >= 4 is 16.8 Å². The van der Waals surface area contributed by atoms with Crippen LogP contribution in [0.25, 0.3) is 0 Å². The minimum atomic E-state index is 0.342. The van der Waals surface area contributed by atoms with Crippen LogP contribution < -0.4 is 5.84 Å². The molecule has 0 amide bonds. The van der Waals surface area contributed by atoms with Crippen LogP contribution in [0.4, 0.5) is 0 Å². The SMILES string of the molecule is C/C=C(\S/C(=N\N)C(C)CCC(C)c1cc(CC)no1)C(C)C. The van der Waals surface area contributed by atoms with Gasteiger partial charge in [-0.05, 0) is 37.0 Å². The molecule has 1 heterocycles. The summed E-state index contributed by atoms with van der Waals surface area (Å²) in [6.07, 6.45) is 5.12. The van der Waals surface area contributed by atoms with E-state index in [1.54, 1.807) is 11.8 Å². The van der Waals surface area contributed by atoms with Gasteiger partial charge in [0.25, 0.3) is 0 Å². The maximum Gasteiger partial charge on any atom is 0.139 e. The van der Waals surface area contributed by atoms with Gasteiger partial charge in [0.2, 0.25) is 0 Å². The van der Waals surface area contributed by atoms with Gasteiger partial charge < -0.3 is 10.4 Å². The molecule has 0 saturated carbocycles. The maximum atomic E-state index is 5.63. The third kappa shape index (κ3) is 6.05. The standard InChI is InChI=1S/C18H31N3OS/c1-7-15-11-16(22-21-15)13(5)9-10-14(6)18(20-19)23-17(8-2)12(3)4/h8,11-14H,7,9-10,19H2,1-6H3/b17-8-,20-18-. The number of rotatable bonds is 8. The highest BCUT2D eigenvalue weighted by atomic mass is 32.2. The quantitative estimate of drug-likeness (QED) is 0.302. The highest BCUT2D eigenvalue weighted by molar-refractivity contribution is 8.17. The first-order valence-corrected chi connectivity index (χ1v) is 9.31. The highest BCUT2D eigenvalue weighted by Gasteiger charge is 2.18. The van der Waals surface area contributed by atoms with Gasteiger partial charge >= 0.3 is 0 Å². The number of aryl methyl sites for hydroxylation is 1.